The van der Waals surface area contributed by atoms with Crippen molar-refractivity contribution in [3.05, 3.63) is 52.8 Å². The molecule has 0 radical (unpaired) electrons. The van der Waals surface area contributed by atoms with E-state index in [0.717, 1.165) is 47.2 Å². The number of benzene rings is 1. The lowest BCUT2D eigenvalue weighted by Gasteiger charge is -2.24. The molecule has 0 atom stereocenters. The van der Waals surface area contributed by atoms with Crippen molar-refractivity contribution >= 4 is 29.2 Å². The quantitative estimate of drug-likeness (QED) is 0.574. The molecule has 28 heavy (non-hydrogen) atoms. The van der Waals surface area contributed by atoms with Crippen molar-refractivity contribution in [3.8, 4) is 0 Å². The highest BCUT2D eigenvalue weighted by molar-refractivity contribution is 6.30. The highest BCUT2D eigenvalue weighted by Gasteiger charge is 2.25. The van der Waals surface area contributed by atoms with Crippen molar-refractivity contribution < 1.29 is 4.79 Å². The van der Waals surface area contributed by atoms with Crippen LogP contribution in [0.2, 0.25) is 5.02 Å². The molecule has 2 N–H and O–H groups in total. The third-order valence-electron chi connectivity index (χ3n) is 5.17. The minimum atomic E-state index is 0.133. The van der Waals surface area contributed by atoms with Crippen LogP contribution in [0.1, 0.15) is 30.5 Å². The summed E-state index contributed by atoms with van der Waals surface area (Å²) in [6.07, 6.45) is 5.05. The molecule has 1 amide bonds. The van der Waals surface area contributed by atoms with Crippen molar-refractivity contribution in [1.82, 2.24) is 14.8 Å². The number of rotatable bonds is 6. The molecule has 0 saturated heterocycles. The lowest BCUT2D eigenvalue weighted by molar-refractivity contribution is -0.122. The van der Waals surface area contributed by atoms with E-state index < -0.39 is 0 Å². The van der Waals surface area contributed by atoms with Gasteiger partial charge in [0.2, 0.25) is 5.91 Å². The maximum absolute atomic E-state index is 12.1. The van der Waals surface area contributed by atoms with Crippen LogP contribution < -0.4 is 10.6 Å². The summed E-state index contributed by atoms with van der Waals surface area (Å²) >= 11 is 6.07. The minimum Gasteiger partial charge on any atom is -0.352 e. The second-order valence-corrected chi connectivity index (χ2v) is 7.77. The van der Waals surface area contributed by atoms with E-state index in [-0.39, 0.29) is 11.8 Å². The lowest BCUT2D eigenvalue weighted by atomic mass is 9.85. The number of guanidine groups is 1. The first-order valence-corrected chi connectivity index (χ1v) is 9.96. The molecule has 0 aliphatic heterocycles. The van der Waals surface area contributed by atoms with Gasteiger partial charge in [0.1, 0.15) is 0 Å². The second-order valence-electron chi connectivity index (χ2n) is 7.33. The van der Waals surface area contributed by atoms with Gasteiger partial charge in [0.25, 0.3) is 0 Å². The summed E-state index contributed by atoms with van der Waals surface area (Å²) in [4.78, 5) is 18.6. The highest BCUT2D eigenvalue weighted by Crippen LogP contribution is 2.27. The average Bonchev–Trinajstić information content (AvgIpc) is 2.91. The number of carbonyl (C=O) groups excluding carboxylic acids is 1. The fourth-order valence-electron chi connectivity index (χ4n) is 3.28. The molecule has 1 aliphatic rings. The first-order valence-electron chi connectivity index (χ1n) is 9.58. The molecule has 3 rings (SSSR count). The first kappa shape index (κ1) is 20.3. The molecule has 1 aliphatic carbocycles. The molecule has 2 aromatic rings. The van der Waals surface area contributed by atoms with Crippen LogP contribution in [0.4, 0.5) is 5.69 Å². The molecule has 6 nitrogen and oxygen atoms in total. The van der Waals surface area contributed by atoms with E-state index in [1.165, 1.54) is 0 Å². The molecular weight excluding hydrogens is 374 g/mol. The molecule has 1 heterocycles. The molecule has 0 unspecified atom stereocenters. The van der Waals surface area contributed by atoms with Crippen molar-refractivity contribution in [2.45, 2.75) is 32.4 Å². The van der Waals surface area contributed by atoms with Gasteiger partial charge in [-0.1, -0.05) is 30.2 Å². The lowest BCUT2D eigenvalue weighted by Crippen LogP contribution is -2.38. The first-order chi connectivity index (χ1) is 13.5. The monoisotopic (exact) mass is 401 g/mol. The van der Waals surface area contributed by atoms with Gasteiger partial charge >= 0.3 is 0 Å². The predicted molar refractivity (Wildman–Crippen MR) is 115 cm³/mol. The summed E-state index contributed by atoms with van der Waals surface area (Å²) in [5, 5.41) is 7.14. The van der Waals surface area contributed by atoms with Crippen LogP contribution in [0.5, 0.6) is 0 Å². The van der Waals surface area contributed by atoms with Gasteiger partial charge in [-0.15, -0.1) is 0 Å². The zero-order chi connectivity index (χ0) is 20.1. The average molecular weight is 402 g/mol. The molecule has 1 fully saturated rings. The Kier molecular flexibility index (Phi) is 6.62. The summed E-state index contributed by atoms with van der Waals surface area (Å²) in [7, 11) is 5.74. The molecule has 1 aromatic carbocycles. The van der Waals surface area contributed by atoms with Gasteiger partial charge < -0.3 is 20.1 Å². The standard InChI is InChI=1S/C21H28ClN5O/c1-23-21(27(3)14-19-11-17(22)13-26(19)2)24-12-15-6-4-9-18(10-15)25-20(28)16-7-5-8-16/h4,6,9-11,13,16H,5,7-8,12,14H2,1-3H3,(H,23,24)(H,25,28). The van der Waals surface area contributed by atoms with Crippen LogP contribution in [0.3, 0.4) is 0 Å². The van der Waals surface area contributed by atoms with Crippen LogP contribution >= 0.6 is 11.6 Å². The summed E-state index contributed by atoms with van der Waals surface area (Å²) in [6, 6.07) is 9.90. The Morgan fingerprint density at radius 2 is 2.14 bits per heavy atom. The largest absolute Gasteiger partial charge is 0.352 e. The maximum Gasteiger partial charge on any atom is 0.227 e. The number of anilines is 1. The van der Waals surface area contributed by atoms with Crippen LogP contribution in [-0.2, 0) is 24.9 Å². The minimum absolute atomic E-state index is 0.133. The SMILES string of the molecule is CN=C(NCc1cccc(NC(=O)C2CCC2)c1)N(C)Cc1cc(Cl)cn1C. The number of aromatic nitrogens is 1. The van der Waals surface area contributed by atoms with Gasteiger partial charge in [-0.2, -0.15) is 0 Å². The summed E-state index contributed by atoms with van der Waals surface area (Å²) < 4.78 is 2.01. The molecule has 0 bridgehead atoms. The molecule has 0 spiro atoms. The van der Waals surface area contributed by atoms with Gasteiger partial charge in [0.05, 0.1) is 11.6 Å². The van der Waals surface area contributed by atoms with E-state index in [9.17, 15) is 4.79 Å². The highest BCUT2D eigenvalue weighted by atomic mass is 35.5. The van der Waals surface area contributed by atoms with Crippen molar-refractivity contribution in [1.29, 1.82) is 0 Å². The van der Waals surface area contributed by atoms with Gasteiger partial charge in [0.15, 0.2) is 5.96 Å². The third kappa shape index (κ3) is 5.07. The van der Waals surface area contributed by atoms with E-state index in [0.29, 0.717) is 13.1 Å². The molecule has 150 valence electrons. The second kappa shape index (κ2) is 9.15. The molecule has 1 aromatic heterocycles. The Bertz CT molecular complexity index is 856. The van der Waals surface area contributed by atoms with E-state index in [1.54, 1.807) is 7.05 Å². The van der Waals surface area contributed by atoms with Crippen LogP contribution in [0.15, 0.2) is 41.5 Å². The number of hydrogen-bond donors (Lipinski definition) is 2. The number of nitrogens with zero attached hydrogens (tertiary/aromatic N) is 3. The fraction of sp³-hybridized carbons (Fsp3) is 0.429. The van der Waals surface area contributed by atoms with Crippen molar-refractivity contribution in [2.24, 2.45) is 18.0 Å². The van der Waals surface area contributed by atoms with Gasteiger partial charge in [-0.3, -0.25) is 9.79 Å². The Balaban J connectivity index is 1.56. The molecule has 1 saturated carbocycles. The van der Waals surface area contributed by atoms with Crippen LogP contribution in [0, 0.1) is 5.92 Å². The maximum atomic E-state index is 12.1. The van der Waals surface area contributed by atoms with E-state index >= 15 is 0 Å². The predicted octanol–water partition coefficient (Wildman–Crippen LogP) is 3.62. The Hall–Kier alpha value is -2.47. The number of carbonyl (C=O) groups is 1. The summed E-state index contributed by atoms with van der Waals surface area (Å²) in [6.45, 7) is 1.32. The van der Waals surface area contributed by atoms with Gasteiger partial charge in [-0.05, 0) is 36.6 Å². The number of aliphatic imine (C=N–C) groups is 1. The van der Waals surface area contributed by atoms with E-state index in [2.05, 4.69) is 15.6 Å². The number of hydrogen-bond acceptors (Lipinski definition) is 2. The van der Waals surface area contributed by atoms with E-state index in [1.807, 2.05) is 60.1 Å². The Morgan fingerprint density at radius 1 is 1.36 bits per heavy atom. The number of nitrogens with one attached hydrogen (secondary N) is 2. The number of amides is 1. The number of halogens is 1. The Labute approximate surface area is 171 Å². The zero-order valence-corrected chi connectivity index (χ0v) is 17.5. The van der Waals surface area contributed by atoms with Gasteiger partial charge in [0, 0.05) is 51.2 Å². The van der Waals surface area contributed by atoms with Crippen LogP contribution in [0.25, 0.3) is 0 Å². The summed E-state index contributed by atoms with van der Waals surface area (Å²) in [5.41, 5.74) is 3.04. The topological polar surface area (TPSA) is 61.7 Å². The third-order valence-corrected chi connectivity index (χ3v) is 5.37. The zero-order valence-electron chi connectivity index (χ0n) is 16.7. The molecular formula is C21H28ClN5O. The normalized spacial score (nSPS) is 14.5. The van der Waals surface area contributed by atoms with Crippen LogP contribution in [-0.4, -0.2) is 35.4 Å². The Morgan fingerprint density at radius 3 is 2.75 bits per heavy atom. The molecule has 7 heteroatoms. The smallest absolute Gasteiger partial charge is 0.227 e. The number of aryl methyl sites for hydroxylation is 1. The van der Waals surface area contributed by atoms with Gasteiger partial charge in [-0.25, -0.2) is 0 Å². The fourth-order valence-corrected chi connectivity index (χ4v) is 3.55. The van der Waals surface area contributed by atoms with E-state index in [4.69, 9.17) is 11.6 Å². The van der Waals surface area contributed by atoms with Crippen molar-refractivity contribution in [2.75, 3.05) is 19.4 Å². The van der Waals surface area contributed by atoms with Crippen molar-refractivity contribution in [3.63, 3.8) is 0 Å². The summed E-state index contributed by atoms with van der Waals surface area (Å²) in [5.74, 6) is 1.11.